The van der Waals surface area contributed by atoms with Gasteiger partial charge in [0.05, 0.1) is 0 Å². The molecule has 3 rings (SSSR count). The molecule has 1 saturated heterocycles. The van der Waals surface area contributed by atoms with E-state index >= 15 is 0 Å². The number of hydrogen-bond acceptors (Lipinski definition) is 3. The molecule has 1 aromatic heterocycles. The minimum Gasteiger partial charge on any atom is -0.341 e. The van der Waals surface area contributed by atoms with Crippen LogP contribution in [0.15, 0.2) is 30.3 Å². The first-order valence-electron chi connectivity index (χ1n) is 7.88. The van der Waals surface area contributed by atoms with Crippen LogP contribution in [-0.4, -0.2) is 38.7 Å². The van der Waals surface area contributed by atoms with Crippen LogP contribution in [-0.2, 0) is 11.3 Å². The number of carbonyl (C=O) groups is 1. The van der Waals surface area contributed by atoms with Gasteiger partial charge in [0.2, 0.25) is 5.91 Å². The van der Waals surface area contributed by atoms with Crippen LogP contribution in [0.25, 0.3) is 11.4 Å². The number of aryl methyl sites for hydroxylation is 1. The van der Waals surface area contributed by atoms with Crippen molar-refractivity contribution in [2.24, 2.45) is 5.92 Å². The van der Waals surface area contributed by atoms with Crippen molar-refractivity contribution in [3.63, 3.8) is 0 Å². The summed E-state index contributed by atoms with van der Waals surface area (Å²) in [7, 11) is 0. The van der Waals surface area contributed by atoms with Gasteiger partial charge in [-0.3, -0.25) is 4.79 Å². The molecule has 1 amide bonds. The third kappa shape index (κ3) is 3.18. The van der Waals surface area contributed by atoms with E-state index in [0.717, 1.165) is 30.9 Å². The largest absolute Gasteiger partial charge is 0.341 e. The average Bonchev–Trinajstić information content (AvgIpc) is 2.88. The monoisotopic (exact) mass is 298 g/mol. The van der Waals surface area contributed by atoms with E-state index in [1.807, 2.05) is 42.2 Å². The van der Waals surface area contributed by atoms with Crippen molar-refractivity contribution in [2.75, 3.05) is 13.1 Å². The fourth-order valence-electron chi connectivity index (χ4n) is 3.01. The van der Waals surface area contributed by atoms with Crippen LogP contribution in [0, 0.1) is 12.8 Å². The van der Waals surface area contributed by atoms with Crippen LogP contribution in [0.4, 0.5) is 0 Å². The van der Waals surface area contributed by atoms with Crippen molar-refractivity contribution in [1.29, 1.82) is 0 Å². The number of hydrogen-bond donors (Lipinski definition) is 0. The van der Waals surface area contributed by atoms with Gasteiger partial charge in [0.25, 0.3) is 0 Å². The third-order valence-corrected chi connectivity index (χ3v) is 4.10. The summed E-state index contributed by atoms with van der Waals surface area (Å²) in [4.78, 5) is 19.0. The SMILES string of the molecule is Cc1nc(-c2ccccc2)n(CC(=O)N2CCC[C@@H](C)C2)n1. The molecule has 5 nitrogen and oxygen atoms in total. The molecule has 0 spiro atoms. The Morgan fingerprint density at radius 3 is 2.82 bits per heavy atom. The Morgan fingerprint density at radius 1 is 1.32 bits per heavy atom. The van der Waals surface area contributed by atoms with Crippen LogP contribution in [0.2, 0.25) is 0 Å². The van der Waals surface area contributed by atoms with Gasteiger partial charge in [-0.2, -0.15) is 5.10 Å². The summed E-state index contributed by atoms with van der Waals surface area (Å²) in [5.74, 6) is 2.17. The second-order valence-corrected chi connectivity index (χ2v) is 6.09. The van der Waals surface area contributed by atoms with Gasteiger partial charge < -0.3 is 4.90 Å². The number of amides is 1. The van der Waals surface area contributed by atoms with E-state index in [0.29, 0.717) is 11.7 Å². The zero-order chi connectivity index (χ0) is 15.5. The molecule has 1 aromatic carbocycles. The van der Waals surface area contributed by atoms with Gasteiger partial charge >= 0.3 is 0 Å². The first kappa shape index (κ1) is 14.8. The second-order valence-electron chi connectivity index (χ2n) is 6.09. The van der Waals surface area contributed by atoms with Gasteiger partial charge in [-0.25, -0.2) is 9.67 Å². The van der Waals surface area contributed by atoms with Gasteiger partial charge in [0.1, 0.15) is 12.4 Å². The molecule has 1 atom stereocenters. The fraction of sp³-hybridized carbons (Fsp3) is 0.471. The molecule has 116 valence electrons. The third-order valence-electron chi connectivity index (χ3n) is 4.10. The Balaban J connectivity index is 1.79. The van der Waals surface area contributed by atoms with Crippen LogP contribution >= 0.6 is 0 Å². The van der Waals surface area contributed by atoms with Crippen molar-refractivity contribution in [1.82, 2.24) is 19.7 Å². The molecule has 0 N–H and O–H groups in total. The zero-order valence-electron chi connectivity index (χ0n) is 13.2. The molecule has 0 radical (unpaired) electrons. The number of rotatable bonds is 3. The molecular weight excluding hydrogens is 276 g/mol. The highest BCUT2D eigenvalue weighted by molar-refractivity contribution is 5.76. The molecule has 0 unspecified atom stereocenters. The number of carbonyl (C=O) groups excluding carboxylic acids is 1. The molecule has 0 saturated carbocycles. The number of benzene rings is 1. The number of nitrogens with zero attached hydrogens (tertiary/aromatic N) is 4. The number of aromatic nitrogens is 3. The molecule has 1 aliphatic heterocycles. The average molecular weight is 298 g/mol. The highest BCUT2D eigenvalue weighted by Crippen LogP contribution is 2.19. The number of piperidine rings is 1. The van der Waals surface area contributed by atoms with Crippen LogP contribution < -0.4 is 0 Å². The Morgan fingerprint density at radius 2 is 2.09 bits per heavy atom. The zero-order valence-corrected chi connectivity index (χ0v) is 13.2. The van der Waals surface area contributed by atoms with Gasteiger partial charge in [-0.15, -0.1) is 0 Å². The number of likely N-dealkylation sites (tertiary alicyclic amines) is 1. The fourth-order valence-corrected chi connectivity index (χ4v) is 3.01. The Bertz CT molecular complexity index is 650. The van der Waals surface area contributed by atoms with E-state index in [1.165, 1.54) is 6.42 Å². The summed E-state index contributed by atoms with van der Waals surface area (Å²) < 4.78 is 1.73. The van der Waals surface area contributed by atoms with E-state index < -0.39 is 0 Å². The van der Waals surface area contributed by atoms with Crippen molar-refractivity contribution in [3.8, 4) is 11.4 Å². The lowest BCUT2D eigenvalue weighted by molar-refractivity contribution is -0.133. The molecule has 1 aliphatic rings. The Labute approximate surface area is 131 Å². The summed E-state index contributed by atoms with van der Waals surface area (Å²) in [5, 5.41) is 4.40. The first-order valence-corrected chi connectivity index (χ1v) is 7.88. The molecule has 0 aliphatic carbocycles. The highest BCUT2D eigenvalue weighted by atomic mass is 16.2. The van der Waals surface area contributed by atoms with E-state index in [9.17, 15) is 4.79 Å². The van der Waals surface area contributed by atoms with Crippen LogP contribution in [0.1, 0.15) is 25.6 Å². The van der Waals surface area contributed by atoms with E-state index in [4.69, 9.17) is 0 Å². The minimum absolute atomic E-state index is 0.133. The van der Waals surface area contributed by atoms with Gasteiger partial charge in [0.15, 0.2) is 5.82 Å². The summed E-state index contributed by atoms with van der Waals surface area (Å²) in [6, 6.07) is 9.90. The van der Waals surface area contributed by atoms with Crippen LogP contribution in [0.3, 0.4) is 0 Å². The van der Waals surface area contributed by atoms with E-state index in [2.05, 4.69) is 17.0 Å². The Kier molecular flexibility index (Phi) is 4.22. The predicted molar refractivity (Wildman–Crippen MR) is 85.2 cm³/mol. The predicted octanol–water partition coefficient (Wildman–Crippen LogP) is 2.51. The standard InChI is InChI=1S/C17H22N4O/c1-13-7-6-10-20(11-13)16(22)12-21-17(18-14(2)19-21)15-8-4-3-5-9-15/h3-5,8-9,13H,6-7,10-12H2,1-2H3/t13-/m1/s1. The maximum atomic E-state index is 12.5. The van der Waals surface area contributed by atoms with Crippen molar-refractivity contribution in [3.05, 3.63) is 36.2 Å². The second kappa shape index (κ2) is 6.30. The maximum Gasteiger partial charge on any atom is 0.244 e. The summed E-state index contributed by atoms with van der Waals surface area (Å²) in [6.07, 6.45) is 2.30. The summed E-state index contributed by atoms with van der Waals surface area (Å²) >= 11 is 0. The highest BCUT2D eigenvalue weighted by Gasteiger charge is 2.22. The quantitative estimate of drug-likeness (QED) is 0.875. The van der Waals surface area contributed by atoms with Gasteiger partial charge in [-0.05, 0) is 25.7 Å². The lowest BCUT2D eigenvalue weighted by Gasteiger charge is -2.31. The smallest absolute Gasteiger partial charge is 0.244 e. The summed E-state index contributed by atoms with van der Waals surface area (Å²) in [6.45, 7) is 6.04. The lowest BCUT2D eigenvalue weighted by Crippen LogP contribution is -2.41. The van der Waals surface area contributed by atoms with Crippen molar-refractivity contribution < 1.29 is 4.79 Å². The van der Waals surface area contributed by atoms with E-state index in [-0.39, 0.29) is 12.5 Å². The van der Waals surface area contributed by atoms with Crippen molar-refractivity contribution >= 4 is 5.91 Å². The molecule has 22 heavy (non-hydrogen) atoms. The van der Waals surface area contributed by atoms with Gasteiger partial charge in [-0.1, -0.05) is 37.3 Å². The first-order chi connectivity index (χ1) is 10.6. The lowest BCUT2D eigenvalue weighted by atomic mass is 10.0. The van der Waals surface area contributed by atoms with E-state index in [1.54, 1.807) is 4.68 Å². The normalized spacial score (nSPS) is 18.5. The molecular formula is C17H22N4O. The summed E-state index contributed by atoms with van der Waals surface area (Å²) in [5.41, 5.74) is 0.989. The molecule has 0 bridgehead atoms. The molecule has 1 fully saturated rings. The minimum atomic E-state index is 0.133. The topological polar surface area (TPSA) is 51.0 Å². The Hall–Kier alpha value is -2.17. The molecule has 2 heterocycles. The maximum absolute atomic E-state index is 12.5. The van der Waals surface area contributed by atoms with Gasteiger partial charge in [0, 0.05) is 18.7 Å². The molecule has 2 aromatic rings. The van der Waals surface area contributed by atoms with Crippen molar-refractivity contribution in [2.45, 2.75) is 33.2 Å². The van der Waals surface area contributed by atoms with Crippen LogP contribution in [0.5, 0.6) is 0 Å². The molecule has 5 heteroatoms.